The average Bonchev–Trinajstić information content (AvgIpc) is 2.68. The van der Waals surface area contributed by atoms with Crippen LogP contribution in [0.3, 0.4) is 0 Å². The highest BCUT2D eigenvalue weighted by atomic mass is 16.5. The zero-order chi connectivity index (χ0) is 13.5. The molecule has 4 nitrogen and oxygen atoms in total. The van der Waals surface area contributed by atoms with E-state index in [1.165, 1.54) is 38.8 Å². The second-order valence-electron chi connectivity index (χ2n) is 4.99. The minimum atomic E-state index is -0.406. The summed E-state index contributed by atoms with van der Waals surface area (Å²) in [6.07, 6.45) is 5.30. The van der Waals surface area contributed by atoms with E-state index in [0.29, 0.717) is 12.2 Å². The fraction of sp³-hybridized carbons (Fsp3) is 0.533. The molecule has 0 unspecified atom stereocenters. The molecule has 0 atom stereocenters. The third kappa shape index (κ3) is 4.56. The molecule has 1 aromatic carbocycles. The minimum absolute atomic E-state index is 0.406. The van der Waals surface area contributed by atoms with E-state index < -0.39 is 5.91 Å². The van der Waals surface area contributed by atoms with E-state index in [1.807, 2.05) is 0 Å². The molecule has 1 aliphatic heterocycles. The molecule has 4 heteroatoms. The molecule has 2 rings (SSSR count). The number of primary amides is 1. The number of ether oxygens (including phenoxy) is 1. The maximum absolute atomic E-state index is 10.9. The van der Waals surface area contributed by atoms with E-state index in [4.69, 9.17) is 10.5 Å². The Bertz CT molecular complexity index is 395. The number of benzene rings is 1. The fourth-order valence-corrected chi connectivity index (χ4v) is 2.37. The summed E-state index contributed by atoms with van der Waals surface area (Å²) >= 11 is 0. The summed E-state index contributed by atoms with van der Waals surface area (Å²) in [5.41, 5.74) is 5.70. The molecular formula is C15H22N2O2. The van der Waals surface area contributed by atoms with Gasteiger partial charge >= 0.3 is 0 Å². The highest BCUT2D eigenvalue weighted by Gasteiger charge is 2.08. The molecule has 0 radical (unpaired) electrons. The molecule has 2 N–H and O–H groups in total. The Morgan fingerprint density at radius 1 is 1.11 bits per heavy atom. The first-order valence-electron chi connectivity index (χ1n) is 7.01. The fourth-order valence-electron chi connectivity index (χ4n) is 2.37. The normalized spacial score (nSPS) is 16.8. The van der Waals surface area contributed by atoms with Gasteiger partial charge in [0.25, 0.3) is 0 Å². The third-order valence-electron chi connectivity index (χ3n) is 3.51. The summed E-state index contributed by atoms with van der Waals surface area (Å²) in [5.74, 6) is 0.385. The van der Waals surface area contributed by atoms with Crippen LogP contribution in [0.25, 0.3) is 0 Å². The molecule has 1 fully saturated rings. The molecule has 0 aliphatic carbocycles. The van der Waals surface area contributed by atoms with Crippen molar-refractivity contribution in [1.29, 1.82) is 0 Å². The van der Waals surface area contributed by atoms with Gasteiger partial charge in [-0.1, -0.05) is 12.8 Å². The van der Waals surface area contributed by atoms with Gasteiger partial charge in [0.2, 0.25) is 5.91 Å². The second kappa shape index (κ2) is 7.14. The Labute approximate surface area is 114 Å². The first-order chi connectivity index (χ1) is 9.25. The number of nitrogens with two attached hydrogens (primary N) is 1. The van der Waals surface area contributed by atoms with Crippen LogP contribution in [0.1, 0.15) is 36.0 Å². The topological polar surface area (TPSA) is 55.6 Å². The molecule has 1 saturated heterocycles. The molecule has 0 aromatic heterocycles. The van der Waals surface area contributed by atoms with Gasteiger partial charge in [0, 0.05) is 12.1 Å². The van der Waals surface area contributed by atoms with E-state index in [9.17, 15) is 4.79 Å². The predicted octanol–water partition coefficient (Wildman–Crippen LogP) is 2.04. The molecular weight excluding hydrogens is 240 g/mol. The first kappa shape index (κ1) is 13.9. The standard InChI is InChI=1S/C15H22N2O2/c16-15(18)13-5-7-14(8-6-13)19-12-11-17-9-3-1-2-4-10-17/h5-8H,1-4,9-12H2,(H2,16,18). The van der Waals surface area contributed by atoms with Gasteiger partial charge in [0.05, 0.1) is 0 Å². The molecule has 104 valence electrons. The Hall–Kier alpha value is -1.55. The lowest BCUT2D eigenvalue weighted by atomic mass is 10.2. The van der Waals surface area contributed by atoms with Gasteiger partial charge in [-0.2, -0.15) is 0 Å². The molecule has 19 heavy (non-hydrogen) atoms. The molecule has 0 saturated carbocycles. The lowest BCUT2D eigenvalue weighted by Gasteiger charge is -2.19. The van der Waals surface area contributed by atoms with Gasteiger partial charge in [-0.15, -0.1) is 0 Å². The minimum Gasteiger partial charge on any atom is -0.492 e. The molecule has 0 spiro atoms. The molecule has 1 aromatic rings. The third-order valence-corrected chi connectivity index (χ3v) is 3.51. The number of nitrogens with zero attached hydrogens (tertiary/aromatic N) is 1. The van der Waals surface area contributed by atoms with E-state index in [1.54, 1.807) is 24.3 Å². The zero-order valence-electron chi connectivity index (χ0n) is 11.3. The highest BCUT2D eigenvalue weighted by Crippen LogP contribution is 2.13. The van der Waals surface area contributed by atoms with E-state index >= 15 is 0 Å². The number of rotatable bonds is 5. The Balaban J connectivity index is 1.74. The highest BCUT2D eigenvalue weighted by molar-refractivity contribution is 5.92. The average molecular weight is 262 g/mol. The summed E-state index contributed by atoms with van der Waals surface area (Å²) in [5, 5.41) is 0. The van der Waals surface area contributed by atoms with Gasteiger partial charge < -0.3 is 10.5 Å². The van der Waals surface area contributed by atoms with Crippen molar-refractivity contribution in [2.75, 3.05) is 26.2 Å². The number of hydrogen-bond donors (Lipinski definition) is 1. The van der Waals surface area contributed by atoms with Crippen molar-refractivity contribution >= 4 is 5.91 Å². The number of hydrogen-bond acceptors (Lipinski definition) is 3. The second-order valence-corrected chi connectivity index (χ2v) is 4.99. The maximum Gasteiger partial charge on any atom is 0.248 e. The van der Waals surface area contributed by atoms with E-state index in [0.717, 1.165) is 12.3 Å². The summed E-state index contributed by atoms with van der Waals surface area (Å²) in [6, 6.07) is 6.98. The number of carbonyl (C=O) groups is 1. The summed E-state index contributed by atoms with van der Waals surface area (Å²) < 4.78 is 5.69. The molecule has 1 amide bonds. The number of likely N-dealkylation sites (tertiary alicyclic amines) is 1. The Morgan fingerprint density at radius 2 is 1.74 bits per heavy atom. The number of carbonyl (C=O) groups excluding carboxylic acids is 1. The maximum atomic E-state index is 10.9. The summed E-state index contributed by atoms with van der Waals surface area (Å²) in [4.78, 5) is 13.4. The van der Waals surface area contributed by atoms with E-state index in [-0.39, 0.29) is 0 Å². The number of amides is 1. The van der Waals surface area contributed by atoms with Crippen molar-refractivity contribution in [3.63, 3.8) is 0 Å². The monoisotopic (exact) mass is 262 g/mol. The zero-order valence-corrected chi connectivity index (χ0v) is 11.3. The summed E-state index contributed by atoms with van der Waals surface area (Å²) in [6.45, 7) is 4.03. The first-order valence-corrected chi connectivity index (χ1v) is 7.01. The van der Waals surface area contributed by atoms with E-state index in [2.05, 4.69) is 4.90 Å². The van der Waals surface area contributed by atoms with Crippen molar-refractivity contribution in [1.82, 2.24) is 4.90 Å². The van der Waals surface area contributed by atoms with Gasteiger partial charge in [-0.25, -0.2) is 0 Å². The Morgan fingerprint density at radius 3 is 2.32 bits per heavy atom. The lowest BCUT2D eigenvalue weighted by Crippen LogP contribution is -2.29. The smallest absolute Gasteiger partial charge is 0.248 e. The summed E-state index contributed by atoms with van der Waals surface area (Å²) in [7, 11) is 0. The van der Waals surface area contributed by atoms with Crippen LogP contribution >= 0.6 is 0 Å². The van der Waals surface area contributed by atoms with Crippen LogP contribution in [0.5, 0.6) is 5.75 Å². The molecule has 0 bridgehead atoms. The van der Waals surface area contributed by atoms with Gasteiger partial charge in [-0.3, -0.25) is 9.69 Å². The van der Waals surface area contributed by atoms with Crippen molar-refractivity contribution in [3.8, 4) is 5.75 Å². The lowest BCUT2D eigenvalue weighted by molar-refractivity contribution is 0.100. The van der Waals surface area contributed by atoms with Gasteiger partial charge in [-0.05, 0) is 50.2 Å². The van der Waals surface area contributed by atoms with Crippen LogP contribution in [0.4, 0.5) is 0 Å². The molecule has 1 heterocycles. The van der Waals surface area contributed by atoms with Crippen LogP contribution in [0, 0.1) is 0 Å². The van der Waals surface area contributed by atoms with Crippen molar-refractivity contribution < 1.29 is 9.53 Å². The van der Waals surface area contributed by atoms with Gasteiger partial charge in [0.15, 0.2) is 0 Å². The quantitative estimate of drug-likeness (QED) is 0.883. The largest absolute Gasteiger partial charge is 0.492 e. The van der Waals surface area contributed by atoms with Gasteiger partial charge in [0.1, 0.15) is 12.4 Å². The molecule has 1 aliphatic rings. The van der Waals surface area contributed by atoms with Crippen LogP contribution in [0.15, 0.2) is 24.3 Å². The van der Waals surface area contributed by atoms with Crippen LogP contribution < -0.4 is 10.5 Å². The Kier molecular flexibility index (Phi) is 5.21. The predicted molar refractivity (Wildman–Crippen MR) is 75.4 cm³/mol. The van der Waals surface area contributed by atoms with Crippen LogP contribution in [0.2, 0.25) is 0 Å². The van der Waals surface area contributed by atoms with Crippen LogP contribution in [-0.2, 0) is 0 Å². The van der Waals surface area contributed by atoms with Crippen molar-refractivity contribution in [2.45, 2.75) is 25.7 Å². The SMILES string of the molecule is NC(=O)c1ccc(OCCN2CCCCCC2)cc1. The van der Waals surface area contributed by atoms with Crippen molar-refractivity contribution in [2.24, 2.45) is 5.73 Å². The van der Waals surface area contributed by atoms with Crippen LogP contribution in [-0.4, -0.2) is 37.0 Å². The van der Waals surface area contributed by atoms with Crippen molar-refractivity contribution in [3.05, 3.63) is 29.8 Å².